The van der Waals surface area contributed by atoms with E-state index in [1.807, 2.05) is 29.2 Å². The van der Waals surface area contributed by atoms with E-state index in [0.717, 1.165) is 37.2 Å². The first-order valence-electron chi connectivity index (χ1n) is 7.35. The molecule has 1 atom stereocenters. The molecular weight excluding hydrogens is 252 g/mol. The van der Waals surface area contributed by atoms with Crippen molar-refractivity contribution < 1.29 is 9.59 Å². The van der Waals surface area contributed by atoms with Crippen LogP contribution in [0.4, 0.5) is 5.69 Å². The smallest absolute Gasteiger partial charge is 0.230 e. The van der Waals surface area contributed by atoms with Crippen LogP contribution in [0.25, 0.3) is 0 Å². The quantitative estimate of drug-likeness (QED) is 0.897. The Labute approximate surface area is 120 Å². The number of nitrogens with zero attached hydrogens (tertiary/aromatic N) is 1. The molecule has 20 heavy (non-hydrogen) atoms. The maximum Gasteiger partial charge on any atom is 0.230 e. The van der Waals surface area contributed by atoms with Crippen molar-refractivity contribution in [1.29, 1.82) is 0 Å². The van der Waals surface area contributed by atoms with Gasteiger partial charge in [0.2, 0.25) is 11.8 Å². The minimum Gasteiger partial charge on any atom is -0.342 e. The summed E-state index contributed by atoms with van der Waals surface area (Å²) in [6.45, 7) is 5.65. The number of fused-ring (bicyclic) bond motifs is 1. The van der Waals surface area contributed by atoms with Crippen LogP contribution < -0.4 is 5.32 Å². The van der Waals surface area contributed by atoms with Crippen LogP contribution in [0, 0.1) is 0 Å². The number of anilines is 1. The van der Waals surface area contributed by atoms with Gasteiger partial charge in [-0.1, -0.05) is 32.0 Å². The Morgan fingerprint density at radius 3 is 2.55 bits per heavy atom. The summed E-state index contributed by atoms with van der Waals surface area (Å²) in [4.78, 5) is 26.4. The largest absolute Gasteiger partial charge is 0.342 e. The summed E-state index contributed by atoms with van der Waals surface area (Å²) < 4.78 is 0. The van der Waals surface area contributed by atoms with E-state index in [0.29, 0.717) is 0 Å². The molecule has 0 aliphatic carbocycles. The van der Waals surface area contributed by atoms with Gasteiger partial charge in [-0.3, -0.25) is 9.59 Å². The fraction of sp³-hybridized carbons (Fsp3) is 0.500. The number of amides is 2. The van der Waals surface area contributed by atoms with Crippen LogP contribution in [0.2, 0.25) is 0 Å². The lowest BCUT2D eigenvalue weighted by Crippen LogP contribution is -2.39. The third kappa shape index (κ3) is 3.00. The van der Waals surface area contributed by atoms with Gasteiger partial charge in [-0.25, -0.2) is 0 Å². The van der Waals surface area contributed by atoms with Gasteiger partial charge in [0.05, 0.1) is 5.92 Å². The van der Waals surface area contributed by atoms with Crippen molar-refractivity contribution in [3.8, 4) is 0 Å². The van der Waals surface area contributed by atoms with Crippen LogP contribution in [0.3, 0.4) is 0 Å². The van der Waals surface area contributed by atoms with Crippen molar-refractivity contribution >= 4 is 17.5 Å². The highest BCUT2D eigenvalue weighted by Crippen LogP contribution is 2.33. The van der Waals surface area contributed by atoms with E-state index in [2.05, 4.69) is 19.2 Å². The topological polar surface area (TPSA) is 49.4 Å². The van der Waals surface area contributed by atoms with Crippen molar-refractivity contribution in [2.45, 2.75) is 39.0 Å². The zero-order valence-electron chi connectivity index (χ0n) is 12.2. The zero-order chi connectivity index (χ0) is 14.5. The van der Waals surface area contributed by atoms with Crippen LogP contribution in [-0.2, 0) is 9.59 Å². The molecule has 0 radical (unpaired) electrons. The molecule has 1 heterocycles. The monoisotopic (exact) mass is 274 g/mol. The summed E-state index contributed by atoms with van der Waals surface area (Å²) in [5.41, 5.74) is 1.71. The Morgan fingerprint density at radius 1 is 1.25 bits per heavy atom. The lowest BCUT2D eigenvalue weighted by molar-refractivity contribution is -0.135. The molecule has 4 nitrogen and oxygen atoms in total. The van der Waals surface area contributed by atoms with Crippen LogP contribution in [0.1, 0.15) is 44.6 Å². The molecule has 1 aliphatic heterocycles. The maximum absolute atomic E-state index is 12.7. The molecule has 1 aromatic rings. The van der Waals surface area contributed by atoms with E-state index < -0.39 is 0 Å². The Morgan fingerprint density at radius 2 is 1.90 bits per heavy atom. The molecule has 1 N–H and O–H groups in total. The molecule has 0 fully saturated rings. The Bertz CT molecular complexity index is 493. The number of hydrogen-bond donors (Lipinski definition) is 1. The lowest BCUT2D eigenvalue weighted by Gasteiger charge is -2.30. The van der Waals surface area contributed by atoms with Crippen molar-refractivity contribution in [2.75, 3.05) is 18.4 Å². The summed E-state index contributed by atoms with van der Waals surface area (Å²) in [5, 5.41) is 2.84. The number of rotatable bonds is 5. The second-order valence-corrected chi connectivity index (χ2v) is 5.22. The van der Waals surface area contributed by atoms with E-state index in [-0.39, 0.29) is 24.2 Å². The lowest BCUT2D eigenvalue weighted by atomic mass is 9.89. The molecule has 0 aromatic heterocycles. The molecular formula is C16H22N2O2. The standard InChI is InChI=1S/C16H22N2O2/c1-3-9-18(10-4-2)16(20)13-11-15(19)17-14-8-6-5-7-12(13)14/h5-8,13H,3-4,9-11H2,1-2H3,(H,17,19). The molecule has 0 saturated heterocycles. The van der Waals surface area contributed by atoms with E-state index in [1.165, 1.54) is 0 Å². The van der Waals surface area contributed by atoms with Gasteiger partial charge in [0, 0.05) is 25.2 Å². The summed E-state index contributed by atoms with van der Waals surface area (Å²) in [7, 11) is 0. The van der Waals surface area contributed by atoms with E-state index in [1.54, 1.807) is 0 Å². The summed E-state index contributed by atoms with van der Waals surface area (Å²) >= 11 is 0. The average molecular weight is 274 g/mol. The molecule has 0 saturated carbocycles. The average Bonchev–Trinajstić information content (AvgIpc) is 2.45. The minimum absolute atomic E-state index is 0.0741. The first-order valence-corrected chi connectivity index (χ1v) is 7.35. The summed E-state index contributed by atoms with van der Waals surface area (Å²) in [5.74, 6) is -0.330. The van der Waals surface area contributed by atoms with Crippen LogP contribution in [0.5, 0.6) is 0 Å². The number of nitrogens with one attached hydrogen (secondary N) is 1. The van der Waals surface area contributed by atoms with Gasteiger partial charge in [0.15, 0.2) is 0 Å². The number of benzene rings is 1. The molecule has 1 aromatic carbocycles. The molecule has 2 rings (SSSR count). The SMILES string of the molecule is CCCN(CCC)C(=O)C1CC(=O)Nc2ccccc21. The van der Waals surface area contributed by atoms with Crippen molar-refractivity contribution in [3.05, 3.63) is 29.8 Å². The van der Waals surface area contributed by atoms with Crippen molar-refractivity contribution in [2.24, 2.45) is 0 Å². The first kappa shape index (κ1) is 14.6. The van der Waals surface area contributed by atoms with E-state index in [9.17, 15) is 9.59 Å². The number of carbonyl (C=O) groups is 2. The Kier molecular flexibility index (Phi) is 4.77. The molecule has 0 bridgehead atoms. The van der Waals surface area contributed by atoms with Crippen molar-refractivity contribution in [3.63, 3.8) is 0 Å². The zero-order valence-corrected chi connectivity index (χ0v) is 12.2. The number of para-hydroxylation sites is 1. The molecule has 4 heteroatoms. The van der Waals surface area contributed by atoms with Gasteiger partial charge in [-0.05, 0) is 24.5 Å². The van der Waals surface area contributed by atoms with Gasteiger partial charge < -0.3 is 10.2 Å². The predicted molar refractivity (Wildman–Crippen MR) is 79.6 cm³/mol. The highest BCUT2D eigenvalue weighted by molar-refractivity contribution is 6.01. The third-order valence-electron chi connectivity index (χ3n) is 3.60. The van der Waals surface area contributed by atoms with E-state index >= 15 is 0 Å². The maximum atomic E-state index is 12.7. The fourth-order valence-electron chi connectivity index (χ4n) is 2.72. The number of carbonyl (C=O) groups excluding carboxylic acids is 2. The minimum atomic E-state index is -0.335. The second-order valence-electron chi connectivity index (χ2n) is 5.22. The molecule has 0 spiro atoms. The normalized spacial score (nSPS) is 17.3. The molecule has 1 unspecified atom stereocenters. The second kappa shape index (κ2) is 6.55. The summed E-state index contributed by atoms with van der Waals surface area (Å²) in [6, 6.07) is 7.59. The van der Waals surface area contributed by atoms with Gasteiger partial charge >= 0.3 is 0 Å². The van der Waals surface area contributed by atoms with Gasteiger partial charge in [-0.2, -0.15) is 0 Å². The molecule has 2 amide bonds. The van der Waals surface area contributed by atoms with Crippen LogP contribution in [-0.4, -0.2) is 29.8 Å². The highest BCUT2D eigenvalue weighted by Gasteiger charge is 2.32. The Hall–Kier alpha value is -1.84. The van der Waals surface area contributed by atoms with Gasteiger partial charge in [0.1, 0.15) is 0 Å². The van der Waals surface area contributed by atoms with Gasteiger partial charge in [-0.15, -0.1) is 0 Å². The van der Waals surface area contributed by atoms with Crippen LogP contribution >= 0.6 is 0 Å². The van der Waals surface area contributed by atoms with Crippen LogP contribution in [0.15, 0.2) is 24.3 Å². The first-order chi connectivity index (χ1) is 9.67. The summed E-state index contributed by atoms with van der Waals surface area (Å²) in [6.07, 6.45) is 2.12. The van der Waals surface area contributed by atoms with Crippen molar-refractivity contribution in [1.82, 2.24) is 4.90 Å². The Balaban J connectivity index is 2.27. The van der Waals surface area contributed by atoms with Gasteiger partial charge in [0.25, 0.3) is 0 Å². The molecule has 108 valence electrons. The number of hydrogen-bond acceptors (Lipinski definition) is 2. The fourth-order valence-corrected chi connectivity index (χ4v) is 2.72. The highest BCUT2D eigenvalue weighted by atomic mass is 16.2. The predicted octanol–water partition coefficient (Wildman–Crippen LogP) is 2.76. The van der Waals surface area contributed by atoms with E-state index in [4.69, 9.17) is 0 Å². The third-order valence-corrected chi connectivity index (χ3v) is 3.60. The molecule has 1 aliphatic rings.